The molecule has 0 aliphatic heterocycles. The van der Waals surface area contributed by atoms with Gasteiger partial charge in [-0.3, -0.25) is 4.79 Å². The lowest BCUT2D eigenvalue weighted by molar-refractivity contribution is -0.145. The van der Waals surface area contributed by atoms with Crippen LogP contribution in [-0.4, -0.2) is 24.5 Å². The fourth-order valence-corrected chi connectivity index (χ4v) is 3.00. The lowest BCUT2D eigenvalue weighted by Gasteiger charge is -2.13. The summed E-state index contributed by atoms with van der Waals surface area (Å²) in [6.45, 7) is 4.21. The van der Waals surface area contributed by atoms with Crippen LogP contribution in [0.3, 0.4) is 0 Å². The third-order valence-electron chi connectivity index (χ3n) is 4.80. The molecule has 1 aromatic rings. The lowest BCUT2D eigenvalue weighted by Crippen LogP contribution is -2.39. The molecule has 0 saturated heterocycles. The largest absolute Gasteiger partial charge is 0.464 e. The number of hydrogen-bond donors (Lipinski definition) is 1. The smallest absolute Gasteiger partial charge is 0.328 e. The van der Waals surface area contributed by atoms with Gasteiger partial charge in [-0.15, -0.1) is 0 Å². The summed E-state index contributed by atoms with van der Waals surface area (Å²) in [5, 5.41) is 2.57. The Morgan fingerprint density at radius 3 is 1.93 bits per heavy atom. The van der Waals surface area contributed by atoms with Gasteiger partial charge in [0.2, 0.25) is 0 Å². The van der Waals surface area contributed by atoms with E-state index in [9.17, 15) is 14.0 Å². The molecule has 4 nitrogen and oxygen atoms in total. The van der Waals surface area contributed by atoms with Crippen molar-refractivity contribution in [2.75, 3.05) is 6.61 Å². The molecule has 0 fully saturated rings. The second kappa shape index (κ2) is 15.1. The van der Waals surface area contributed by atoms with E-state index in [1.807, 2.05) is 0 Å². The summed E-state index contributed by atoms with van der Waals surface area (Å²) in [4.78, 5) is 24.0. The first-order chi connectivity index (χ1) is 13.5. The van der Waals surface area contributed by atoms with Crippen LogP contribution in [0, 0.1) is 5.82 Å². The Balaban J connectivity index is 2.02. The van der Waals surface area contributed by atoms with Crippen molar-refractivity contribution in [2.45, 2.75) is 90.5 Å². The van der Waals surface area contributed by atoms with Crippen LogP contribution in [0.4, 0.5) is 4.39 Å². The van der Waals surface area contributed by atoms with Crippen molar-refractivity contribution in [3.63, 3.8) is 0 Å². The number of esters is 1. The van der Waals surface area contributed by atoms with Crippen molar-refractivity contribution in [3.05, 3.63) is 35.6 Å². The number of halogens is 1. The molecule has 1 amide bonds. The van der Waals surface area contributed by atoms with E-state index in [-0.39, 0.29) is 0 Å². The summed E-state index contributed by atoms with van der Waals surface area (Å²) in [5.74, 6) is -1.27. The molecule has 1 N–H and O–H groups in total. The highest BCUT2D eigenvalue weighted by atomic mass is 19.1. The predicted molar refractivity (Wildman–Crippen MR) is 111 cm³/mol. The van der Waals surface area contributed by atoms with Crippen LogP contribution in [0.5, 0.6) is 0 Å². The number of amides is 1. The number of carbonyl (C=O) groups is 2. The van der Waals surface area contributed by atoms with Gasteiger partial charge in [0.25, 0.3) is 5.91 Å². The zero-order valence-electron chi connectivity index (χ0n) is 17.5. The van der Waals surface area contributed by atoms with Gasteiger partial charge < -0.3 is 10.1 Å². The molecule has 1 atom stereocenters. The zero-order valence-corrected chi connectivity index (χ0v) is 17.5. The van der Waals surface area contributed by atoms with Gasteiger partial charge in [-0.25, -0.2) is 9.18 Å². The quantitative estimate of drug-likeness (QED) is 0.303. The second-order valence-electron chi connectivity index (χ2n) is 7.41. The first kappa shape index (κ1) is 24.1. The van der Waals surface area contributed by atoms with Crippen LogP contribution in [0.25, 0.3) is 0 Å². The Labute approximate surface area is 169 Å². The molecule has 0 saturated carbocycles. The van der Waals surface area contributed by atoms with E-state index in [2.05, 4.69) is 12.2 Å². The normalized spacial score (nSPS) is 11.8. The molecule has 0 heterocycles. The van der Waals surface area contributed by atoms with Crippen molar-refractivity contribution < 1.29 is 18.7 Å². The maximum absolute atomic E-state index is 12.9. The molecule has 0 aliphatic rings. The summed E-state index contributed by atoms with van der Waals surface area (Å²) in [6, 6.07) is 4.46. The Hall–Kier alpha value is -1.91. The highest BCUT2D eigenvalue weighted by Crippen LogP contribution is 2.11. The summed E-state index contributed by atoms with van der Waals surface area (Å²) in [7, 11) is 0. The minimum Gasteiger partial charge on any atom is -0.464 e. The van der Waals surface area contributed by atoms with E-state index in [4.69, 9.17) is 4.74 Å². The molecule has 5 heteroatoms. The van der Waals surface area contributed by atoms with Crippen molar-refractivity contribution in [2.24, 2.45) is 0 Å². The molecular formula is C23H36FNO3. The predicted octanol–water partition coefficient (Wildman–Crippen LogP) is 5.80. The van der Waals surface area contributed by atoms with Gasteiger partial charge in [-0.2, -0.15) is 0 Å². The summed E-state index contributed by atoms with van der Waals surface area (Å²) in [5.41, 5.74) is 0.311. The molecular weight excluding hydrogens is 357 g/mol. The van der Waals surface area contributed by atoms with E-state index in [0.29, 0.717) is 12.2 Å². The van der Waals surface area contributed by atoms with E-state index in [0.717, 1.165) is 12.8 Å². The molecule has 28 heavy (non-hydrogen) atoms. The fraction of sp³-hybridized carbons (Fsp3) is 0.652. The van der Waals surface area contributed by atoms with Gasteiger partial charge in [0, 0.05) is 5.56 Å². The van der Waals surface area contributed by atoms with Crippen LogP contribution >= 0.6 is 0 Å². The number of nitrogens with one attached hydrogen (secondary N) is 1. The van der Waals surface area contributed by atoms with Crippen molar-refractivity contribution in [3.8, 4) is 0 Å². The number of rotatable bonds is 15. The molecule has 0 aromatic heterocycles. The number of ether oxygens (including phenoxy) is 1. The van der Waals surface area contributed by atoms with Gasteiger partial charge in [0.05, 0.1) is 6.61 Å². The van der Waals surface area contributed by atoms with E-state index in [1.54, 1.807) is 6.92 Å². The highest BCUT2D eigenvalue weighted by Gasteiger charge is 2.17. The Bertz CT molecular complexity index is 559. The van der Waals surface area contributed by atoms with Crippen molar-refractivity contribution >= 4 is 11.9 Å². The molecule has 0 unspecified atom stereocenters. The SMILES string of the molecule is CCCCCCCCCCCCCOC(=O)[C@H](C)NC(=O)c1ccc(F)cc1. The molecule has 0 bridgehead atoms. The Morgan fingerprint density at radius 1 is 0.893 bits per heavy atom. The standard InChI is InChI=1S/C23H36FNO3/c1-3-4-5-6-7-8-9-10-11-12-13-18-28-23(27)19(2)25-22(26)20-14-16-21(24)17-15-20/h14-17,19H,3-13,18H2,1-2H3,(H,25,26)/t19-/m0/s1. The highest BCUT2D eigenvalue weighted by molar-refractivity contribution is 5.96. The number of hydrogen-bond acceptors (Lipinski definition) is 3. The monoisotopic (exact) mass is 393 g/mol. The summed E-state index contributed by atoms with van der Waals surface area (Å²) in [6.07, 6.45) is 13.7. The average molecular weight is 394 g/mol. The van der Waals surface area contributed by atoms with Crippen LogP contribution in [-0.2, 0) is 9.53 Å². The number of carbonyl (C=O) groups excluding carboxylic acids is 2. The maximum atomic E-state index is 12.9. The Kier molecular flexibility index (Phi) is 13.0. The topological polar surface area (TPSA) is 55.4 Å². The number of unbranched alkanes of at least 4 members (excludes halogenated alkanes) is 10. The van der Waals surface area contributed by atoms with Gasteiger partial charge >= 0.3 is 5.97 Å². The third-order valence-corrected chi connectivity index (χ3v) is 4.80. The van der Waals surface area contributed by atoms with E-state index < -0.39 is 23.7 Å². The average Bonchev–Trinajstić information content (AvgIpc) is 2.69. The second-order valence-corrected chi connectivity index (χ2v) is 7.41. The minimum atomic E-state index is -0.731. The van der Waals surface area contributed by atoms with Crippen LogP contribution < -0.4 is 5.32 Å². The molecule has 0 radical (unpaired) electrons. The zero-order chi connectivity index (χ0) is 20.6. The first-order valence-corrected chi connectivity index (χ1v) is 10.8. The summed E-state index contributed by atoms with van der Waals surface area (Å²) >= 11 is 0. The molecule has 0 aliphatic carbocycles. The minimum absolute atomic E-state index is 0.311. The van der Waals surface area contributed by atoms with E-state index >= 15 is 0 Å². The van der Waals surface area contributed by atoms with Crippen molar-refractivity contribution in [1.82, 2.24) is 5.32 Å². The molecule has 158 valence electrons. The van der Waals surface area contributed by atoms with Crippen LogP contribution in [0.15, 0.2) is 24.3 Å². The fourth-order valence-electron chi connectivity index (χ4n) is 3.00. The first-order valence-electron chi connectivity index (χ1n) is 10.8. The molecule has 0 spiro atoms. The lowest BCUT2D eigenvalue weighted by atomic mass is 10.1. The molecule has 1 rings (SSSR count). The maximum Gasteiger partial charge on any atom is 0.328 e. The van der Waals surface area contributed by atoms with Gasteiger partial charge in [-0.05, 0) is 37.6 Å². The summed E-state index contributed by atoms with van der Waals surface area (Å²) < 4.78 is 18.1. The number of benzene rings is 1. The van der Waals surface area contributed by atoms with Gasteiger partial charge in [-0.1, -0.05) is 71.1 Å². The van der Waals surface area contributed by atoms with Crippen LogP contribution in [0.2, 0.25) is 0 Å². The third kappa shape index (κ3) is 11.1. The Morgan fingerprint density at radius 2 is 1.39 bits per heavy atom. The van der Waals surface area contributed by atoms with E-state index in [1.165, 1.54) is 82.1 Å². The van der Waals surface area contributed by atoms with Crippen molar-refractivity contribution in [1.29, 1.82) is 0 Å². The van der Waals surface area contributed by atoms with Gasteiger partial charge in [0.15, 0.2) is 0 Å². The van der Waals surface area contributed by atoms with Gasteiger partial charge in [0.1, 0.15) is 11.9 Å². The van der Waals surface area contributed by atoms with Crippen LogP contribution in [0.1, 0.15) is 94.8 Å². The molecule has 1 aromatic carbocycles.